The summed E-state index contributed by atoms with van der Waals surface area (Å²) < 4.78 is 4.73. The molecule has 0 spiro atoms. The molecule has 2 aromatic carbocycles. The topological polar surface area (TPSA) is 66.8 Å². The van der Waals surface area contributed by atoms with Crippen LogP contribution in [0.1, 0.15) is 40.2 Å². The number of esters is 1. The average molecular weight is 333 g/mol. The van der Waals surface area contributed by atoms with Gasteiger partial charge in [0.15, 0.2) is 0 Å². The highest BCUT2D eigenvalue weighted by Crippen LogP contribution is 2.52. The number of aromatic hydroxyl groups is 1. The number of aliphatic hydroxyl groups is 1. The minimum absolute atomic E-state index is 0.0732. The minimum atomic E-state index is -1.00. The summed E-state index contributed by atoms with van der Waals surface area (Å²) >= 11 is 6.12. The third-order valence-electron chi connectivity index (χ3n) is 4.40. The lowest BCUT2D eigenvalue weighted by molar-refractivity contribution is -0.0549. The Morgan fingerprint density at radius 3 is 2.65 bits per heavy atom. The standard InChI is InChI=1S/C18H17ClO4/c1-23-17(21)12-4-2-3-11(7-12)13-9-18(22,10-13)15-6-5-14(20)8-16(15)19/h2-8,13,20,22H,9-10H2,1H3. The third-order valence-corrected chi connectivity index (χ3v) is 4.71. The molecule has 0 heterocycles. The first-order chi connectivity index (χ1) is 10.9. The van der Waals surface area contributed by atoms with Crippen molar-refractivity contribution in [2.45, 2.75) is 24.4 Å². The molecule has 0 aliphatic heterocycles. The fourth-order valence-electron chi connectivity index (χ4n) is 3.13. The van der Waals surface area contributed by atoms with Gasteiger partial charge in [0.25, 0.3) is 0 Å². The first-order valence-electron chi connectivity index (χ1n) is 7.32. The van der Waals surface area contributed by atoms with E-state index in [0.29, 0.717) is 29.0 Å². The number of phenols is 1. The molecular weight excluding hydrogens is 316 g/mol. The van der Waals surface area contributed by atoms with Gasteiger partial charge in [0.1, 0.15) is 5.75 Å². The smallest absolute Gasteiger partial charge is 0.337 e. The monoisotopic (exact) mass is 332 g/mol. The largest absolute Gasteiger partial charge is 0.508 e. The number of carbonyl (C=O) groups is 1. The summed E-state index contributed by atoms with van der Waals surface area (Å²) in [7, 11) is 1.35. The quantitative estimate of drug-likeness (QED) is 0.843. The number of hydrogen-bond donors (Lipinski definition) is 2. The summed E-state index contributed by atoms with van der Waals surface area (Å²) in [6.45, 7) is 0. The van der Waals surface area contributed by atoms with Crippen LogP contribution in [0.2, 0.25) is 5.02 Å². The van der Waals surface area contributed by atoms with E-state index in [-0.39, 0.29) is 17.6 Å². The Morgan fingerprint density at radius 1 is 1.26 bits per heavy atom. The lowest BCUT2D eigenvalue weighted by Crippen LogP contribution is -2.40. The second-order valence-electron chi connectivity index (χ2n) is 5.92. The van der Waals surface area contributed by atoms with E-state index >= 15 is 0 Å². The summed E-state index contributed by atoms with van der Waals surface area (Å²) in [5.41, 5.74) is 1.12. The van der Waals surface area contributed by atoms with E-state index in [1.165, 1.54) is 19.2 Å². The Morgan fingerprint density at radius 2 is 2.00 bits per heavy atom. The fraction of sp³-hybridized carbons (Fsp3) is 0.278. The van der Waals surface area contributed by atoms with Crippen LogP contribution in [0.15, 0.2) is 42.5 Å². The SMILES string of the molecule is COC(=O)c1cccc(C2CC(O)(c3ccc(O)cc3Cl)C2)c1. The van der Waals surface area contributed by atoms with Gasteiger partial charge in [0.2, 0.25) is 0 Å². The Bertz CT molecular complexity index is 750. The molecule has 2 N–H and O–H groups in total. The van der Waals surface area contributed by atoms with Crippen molar-refractivity contribution in [2.24, 2.45) is 0 Å². The van der Waals surface area contributed by atoms with Gasteiger partial charge in [-0.1, -0.05) is 29.8 Å². The van der Waals surface area contributed by atoms with Crippen LogP contribution in [0.3, 0.4) is 0 Å². The first-order valence-corrected chi connectivity index (χ1v) is 7.70. The number of ether oxygens (including phenoxy) is 1. The second kappa shape index (κ2) is 5.87. The molecule has 0 saturated heterocycles. The molecule has 2 aromatic rings. The molecule has 4 nitrogen and oxygen atoms in total. The molecule has 120 valence electrons. The van der Waals surface area contributed by atoms with Crippen LogP contribution >= 0.6 is 11.6 Å². The zero-order valence-corrected chi connectivity index (χ0v) is 13.4. The molecule has 0 aromatic heterocycles. The van der Waals surface area contributed by atoms with Gasteiger partial charge in [-0.25, -0.2) is 4.79 Å². The predicted molar refractivity (Wildman–Crippen MR) is 86.8 cm³/mol. The van der Waals surface area contributed by atoms with Gasteiger partial charge in [0, 0.05) is 5.56 Å². The molecule has 23 heavy (non-hydrogen) atoms. The second-order valence-corrected chi connectivity index (χ2v) is 6.33. The number of rotatable bonds is 3. The molecule has 0 amide bonds. The van der Waals surface area contributed by atoms with Crippen molar-refractivity contribution >= 4 is 17.6 Å². The van der Waals surface area contributed by atoms with E-state index in [0.717, 1.165) is 5.56 Å². The number of carbonyl (C=O) groups excluding carboxylic acids is 1. The van der Waals surface area contributed by atoms with Gasteiger partial charge in [-0.05, 0) is 48.6 Å². The maximum Gasteiger partial charge on any atom is 0.337 e. The van der Waals surface area contributed by atoms with Crippen molar-refractivity contribution in [3.8, 4) is 5.75 Å². The Labute approximate surface area is 139 Å². The Kier molecular flexibility index (Phi) is 4.04. The number of hydrogen-bond acceptors (Lipinski definition) is 4. The molecule has 0 radical (unpaired) electrons. The van der Waals surface area contributed by atoms with Crippen LogP contribution < -0.4 is 0 Å². The molecule has 3 rings (SSSR count). The molecule has 0 atom stereocenters. The average Bonchev–Trinajstić information content (AvgIpc) is 2.51. The highest BCUT2D eigenvalue weighted by Gasteiger charge is 2.45. The summed E-state index contributed by atoms with van der Waals surface area (Å²) in [6.07, 6.45) is 1.03. The minimum Gasteiger partial charge on any atom is -0.508 e. The van der Waals surface area contributed by atoms with Crippen molar-refractivity contribution in [2.75, 3.05) is 7.11 Å². The maximum absolute atomic E-state index is 11.6. The summed E-state index contributed by atoms with van der Waals surface area (Å²) in [5.74, 6) is -0.151. The van der Waals surface area contributed by atoms with E-state index < -0.39 is 5.60 Å². The van der Waals surface area contributed by atoms with Crippen molar-refractivity contribution in [1.29, 1.82) is 0 Å². The van der Waals surface area contributed by atoms with Gasteiger partial charge >= 0.3 is 5.97 Å². The van der Waals surface area contributed by atoms with E-state index in [9.17, 15) is 15.0 Å². The zero-order chi connectivity index (χ0) is 16.6. The van der Waals surface area contributed by atoms with Crippen LogP contribution in [0.25, 0.3) is 0 Å². The lowest BCUT2D eigenvalue weighted by atomic mass is 9.65. The van der Waals surface area contributed by atoms with Crippen LogP contribution in [0.5, 0.6) is 5.75 Å². The van der Waals surface area contributed by atoms with Crippen molar-refractivity contribution in [3.63, 3.8) is 0 Å². The molecule has 0 unspecified atom stereocenters. The molecule has 0 bridgehead atoms. The molecule has 1 aliphatic rings. The number of benzene rings is 2. The lowest BCUT2D eigenvalue weighted by Gasteiger charge is -2.44. The fourth-order valence-corrected chi connectivity index (χ4v) is 3.48. The van der Waals surface area contributed by atoms with E-state index in [2.05, 4.69) is 0 Å². The van der Waals surface area contributed by atoms with E-state index in [1.54, 1.807) is 18.2 Å². The van der Waals surface area contributed by atoms with Gasteiger partial charge < -0.3 is 14.9 Å². The van der Waals surface area contributed by atoms with Crippen molar-refractivity contribution in [3.05, 3.63) is 64.2 Å². The summed E-state index contributed by atoms with van der Waals surface area (Å²) in [4.78, 5) is 11.6. The maximum atomic E-state index is 11.6. The molecule has 1 fully saturated rings. The van der Waals surface area contributed by atoms with Crippen molar-refractivity contribution < 1.29 is 19.7 Å². The van der Waals surface area contributed by atoms with Crippen LogP contribution in [-0.4, -0.2) is 23.3 Å². The van der Waals surface area contributed by atoms with Crippen LogP contribution in [-0.2, 0) is 10.3 Å². The van der Waals surface area contributed by atoms with Gasteiger partial charge in [0.05, 0.1) is 23.3 Å². The van der Waals surface area contributed by atoms with Gasteiger partial charge in [-0.3, -0.25) is 0 Å². The highest BCUT2D eigenvalue weighted by molar-refractivity contribution is 6.31. The number of phenolic OH excluding ortho intramolecular Hbond substituents is 1. The number of methoxy groups -OCH3 is 1. The van der Waals surface area contributed by atoms with Crippen molar-refractivity contribution in [1.82, 2.24) is 0 Å². The molecule has 5 heteroatoms. The molecular formula is C18H17ClO4. The normalized spacial score (nSPS) is 23.2. The predicted octanol–water partition coefficient (Wildman–Crippen LogP) is 3.60. The summed E-state index contributed by atoms with van der Waals surface area (Å²) in [6, 6.07) is 11.9. The van der Waals surface area contributed by atoms with E-state index in [1.807, 2.05) is 12.1 Å². The van der Waals surface area contributed by atoms with Crippen LogP contribution in [0, 0.1) is 0 Å². The van der Waals surface area contributed by atoms with Crippen LogP contribution in [0.4, 0.5) is 0 Å². The number of halogens is 1. The third kappa shape index (κ3) is 2.92. The van der Waals surface area contributed by atoms with Gasteiger partial charge in [-0.15, -0.1) is 0 Å². The molecule has 1 saturated carbocycles. The van der Waals surface area contributed by atoms with E-state index in [4.69, 9.17) is 16.3 Å². The zero-order valence-electron chi connectivity index (χ0n) is 12.6. The highest BCUT2D eigenvalue weighted by atomic mass is 35.5. The first kappa shape index (κ1) is 15.8. The van der Waals surface area contributed by atoms with Gasteiger partial charge in [-0.2, -0.15) is 0 Å². The summed E-state index contributed by atoms with van der Waals surface area (Å²) in [5, 5.41) is 20.5. The molecule has 1 aliphatic carbocycles. The Hall–Kier alpha value is -2.04. The Balaban J connectivity index is 1.79.